The Labute approximate surface area is 165 Å². The van der Waals surface area contributed by atoms with Gasteiger partial charge >= 0.3 is 0 Å². The fourth-order valence-electron chi connectivity index (χ4n) is 3.20. The van der Waals surface area contributed by atoms with Gasteiger partial charge in [0.2, 0.25) is 11.8 Å². The summed E-state index contributed by atoms with van der Waals surface area (Å²) in [6.07, 6.45) is 2.08. The lowest BCUT2D eigenvalue weighted by Gasteiger charge is -2.40. The first-order chi connectivity index (χ1) is 12.9. The highest BCUT2D eigenvalue weighted by atomic mass is 35.5. The third kappa shape index (κ3) is 4.89. The smallest absolute Gasteiger partial charge is 0.224 e. The number of nitrogens with zero attached hydrogens (tertiary/aromatic N) is 4. The molecule has 1 amide bonds. The van der Waals surface area contributed by atoms with E-state index in [0.29, 0.717) is 35.5 Å². The molecule has 2 heterocycles. The second-order valence-corrected chi connectivity index (χ2v) is 7.63. The Balaban J connectivity index is 1.68. The Hall–Kier alpha value is -2.34. The van der Waals surface area contributed by atoms with Crippen LogP contribution >= 0.6 is 11.6 Å². The number of anilines is 1. The van der Waals surface area contributed by atoms with E-state index in [0.717, 1.165) is 18.9 Å². The SMILES string of the molecule is CC(C)CC(=O)N1CCN(c2cc(Oc3ccccc3Cl)ncn2)C[C@@H]1C. The maximum Gasteiger partial charge on any atom is 0.224 e. The van der Waals surface area contributed by atoms with Crippen molar-refractivity contribution < 1.29 is 9.53 Å². The van der Waals surface area contributed by atoms with Crippen molar-refractivity contribution in [1.29, 1.82) is 0 Å². The van der Waals surface area contributed by atoms with Gasteiger partial charge in [-0.05, 0) is 25.0 Å². The number of carbonyl (C=O) groups is 1. The van der Waals surface area contributed by atoms with E-state index in [-0.39, 0.29) is 11.9 Å². The summed E-state index contributed by atoms with van der Waals surface area (Å²) in [7, 11) is 0. The summed E-state index contributed by atoms with van der Waals surface area (Å²) < 4.78 is 5.80. The Morgan fingerprint density at radius 3 is 2.78 bits per heavy atom. The number of halogens is 1. The van der Waals surface area contributed by atoms with Crippen LogP contribution < -0.4 is 9.64 Å². The van der Waals surface area contributed by atoms with Gasteiger partial charge in [0.15, 0.2) is 0 Å². The quantitative estimate of drug-likeness (QED) is 0.774. The van der Waals surface area contributed by atoms with E-state index in [1.165, 1.54) is 6.33 Å². The molecule has 2 aromatic rings. The lowest BCUT2D eigenvalue weighted by Crippen LogP contribution is -2.54. The monoisotopic (exact) mass is 388 g/mol. The summed E-state index contributed by atoms with van der Waals surface area (Å²) in [6.45, 7) is 8.37. The number of aromatic nitrogens is 2. The Morgan fingerprint density at radius 2 is 2.07 bits per heavy atom. The highest BCUT2D eigenvalue weighted by molar-refractivity contribution is 6.32. The van der Waals surface area contributed by atoms with Crippen LogP contribution in [0.2, 0.25) is 5.02 Å². The first-order valence-electron chi connectivity index (χ1n) is 9.23. The third-order valence-electron chi connectivity index (χ3n) is 4.53. The molecule has 0 unspecified atom stereocenters. The number of piperazine rings is 1. The van der Waals surface area contributed by atoms with E-state index in [2.05, 4.69) is 35.6 Å². The molecule has 1 aromatic carbocycles. The minimum atomic E-state index is 0.132. The molecule has 0 spiro atoms. The van der Waals surface area contributed by atoms with Gasteiger partial charge in [0.25, 0.3) is 0 Å². The summed E-state index contributed by atoms with van der Waals surface area (Å²) in [5.74, 6) is 2.38. The summed E-state index contributed by atoms with van der Waals surface area (Å²) >= 11 is 6.15. The number of hydrogen-bond donors (Lipinski definition) is 0. The number of rotatable bonds is 5. The molecule has 6 nitrogen and oxygen atoms in total. The summed E-state index contributed by atoms with van der Waals surface area (Å²) in [6, 6.07) is 9.22. The maximum atomic E-state index is 12.4. The van der Waals surface area contributed by atoms with Crippen molar-refractivity contribution in [2.24, 2.45) is 5.92 Å². The van der Waals surface area contributed by atoms with Crippen LogP contribution in [0.25, 0.3) is 0 Å². The number of benzene rings is 1. The standard InChI is InChI=1S/C20H25ClN4O2/c1-14(2)10-20(26)25-9-8-24(12-15(25)3)18-11-19(23-13-22-18)27-17-7-5-4-6-16(17)21/h4-7,11,13-15H,8-10,12H2,1-3H3/t15-/m0/s1. The second-order valence-electron chi connectivity index (χ2n) is 7.23. The molecule has 144 valence electrons. The number of amides is 1. The van der Waals surface area contributed by atoms with E-state index < -0.39 is 0 Å². The van der Waals surface area contributed by atoms with Crippen molar-refractivity contribution in [3.63, 3.8) is 0 Å². The Bertz CT molecular complexity index is 799. The molecule has 7 heteroatoms. The number of carbonyl (C=O) groups excluding carboxylic acids is 1. The highest BCUT2D eigenvalue weighted by Gasteiger charge is 2.28. The van der Waals surface area contributed by atoms with Crippen LogP contribution in [0, 0.1) is 5.92 Å². The van der Waals surface area contributed by atoms with E-state index in [9.17, 15) is 4.79 Å². The zero-order chi connectivity index (χ0) is 19.4. The largest absolute Gasteiger partial charge is 0.437 e. The summed E-state index contributed by atoms with van der Waals surface area (Å²) in [4.78, 5) is 25.1. The van der Waals surface area contributed by atoms with Crippen LogP contribution in [0.1, 0.15) is 27.2 Å². The predicted molar refractivity (Wildman–Crippen MR) is 106 cm³/mol. The van der Waals surface area contributed by atoms with Crippen LogP contribution in [0.4, 0.5) is 5.82 Å². The molecular weight excluding hydrogens is 364 g/mol. The Morgan fingerprint density at radius 1 is 1.30 bits per heavy atom. The zero-order valence-electron chi connectivity index (χ0n) is 15.9. The molecular formula is C20H25ClN4O2. The minimum Gasteiger partial charge on any atom is -0.437 e. The molecule has 1 aromatic heterocycles. The van der Waals surface area contributed by atoms with Crippen molar-refractivity contribution in [2.45, 2.75) is 33.2 Å². The summed E-state index contributed by atoms with van der Waals surface area (Å²) in [5.41, 5.74) is 0. The zero-order valence-corrected chi connectivity index (χ0v) is 16.7. The third-order valence-corrected chi connectivity index (χ3v) is 4.85. The molecule has 1 saturated heterocycles. The topological polar surface area (TPSA) is 58.6 Å². The van der Waals surface area contributed by atoms with Crippen LogP contribution in [-0.4, -0.2) is 46.5 Å². The average Bonchev–Trinajstić information content (AvgIpc) is 2.63. The Kier molecular flexibility index (Phi) is 6.16. The van der Waals surface area contributed by atoms with Crippen LogP contribution in [-0.2, 0) is 4.79 Å². The molecule has 0 radical (unpaired) electrons. The van der Waals surface area contributed by atoms with Crippen molar-refractivity contribution in [3.05, 3.63) is 41.7 Å². The molecule has 0 aliphatic carbocycles. The highest BCUT2D eigenvalue weighted by Crippen LogP contribution is 2.29. The van der Waals surface area contributed by atoms with Crippen molar-refractivity contribution in [2.75, 3.05) is 24.5 Å². The van der Waals surface area contributed by atoms with Gasteiger partial charge in [-0.2, -0.15) is 0 Å². The summed E-state index contributed by atoms with van der Waals surface area (Å²) in [5, 5.41) is 0.531. The van der Waals surface area contributed by atoms with Gasteiger partial charge in [-0.1, -0.05) is 37.6 Å². The van der Waals surface area contributed by atoms with Crippen molar-refractivity contribution >= 4 is 23.3 Å². The van der Waals surface area contributed by atoms with Gasteiger partial charge < -0.3 is 14.5 Å². The van der Waals surface area contributed by atoms with Crippen molar-refractivity contribution in [3.8, 4) is 11.6 Å². The van der Waals surface area contributed by atoms with E-state index in [4.69, 9.17) is 16.3 Å². The average molecular weight is 389 g/mol. The molecule has 27 heavy (non-hydrogen) atoms. The maximum absolute atomic E-state index is 12.4. The minimum absolute atomic E-state index is 0.132. The van der Waals surface area contributed by atoms with E-state index in [1.54, 1.807) is 12.1 Å². The first-order valence-corrected chi connectivity index (χ1v) is 9.60. The van der Waals surface area contributed by atoms with Crippen LogP contribution in [0.5, 0.6) is 11.6 Å². The molecule has 1 atom stereocenters. The number of hydrogen-bond acceptors (Lipinski definition) is 5. The predicted octanol–water partition coefficient (Wildman–Crippen LogP) is 4.01. The molecule has 0 N–H and O–H groups in total. The molecule has 0 saturated carbocycles. The first kappa shape index (κ1) is 19.4. The van der Waals surface area contributed by atoms with Crippen LogP contribution in [0.3, 0.4) is 0 Å². The van der Waals surface area contributed by atoms with E-state index in [1.807, 2.05) is 23.1 Å². The van der Waals surface area contributed by atoms with Gasteiger partial charge in [-0.25, -0.2) is 9.97 Å². The lowest BCUT2D eigenvalue weighted by atomic mass is 10.1. The molecule has 1 fully saturated rings. The molecule has 1 aliphatic heterocycles. The van der Waals surface area contributed by atoms with Gasteiger partial charge in [-0.3, -0.25) is 4.79 Å². The van der Waals surface area contributed by atoms with Gasteiger partial charge in [0.05, 0.1) is 5.02 Å². The van der Waals surface area contributed by atoms with Crippen LogP contribution in [0.15, 0.2) is 36.7 Å². The number of para-hydroxylation sites is 1. The van der Waals surface area contributed by atoms with Gasteiger partial charge in [0, 0.05) is 38.2 Å². The molecule has 3 rings (SSSR count). The van der Waals surface area contributed by atoms with Crippen molar-refractivity contribution in [1.82, 2.24) is 14.9 Å². The fraction of sp³-hybridized carbons (Fsp3) is 0.450. The van der Waals surface area contributed by atoms with Gasteiger partial charge in [-0.15, -0.1) is 0 Å². The second kappa shape index (κ2) is 8.57. The molecule has 1 aliphatic rings. The lowest BCUT2D eigenvalue weighted by molar-refractivity contribution is -0.134. The van der Waals surface area contributed by atoms with E-state index >= 15 is 0 Å². The van der Waals surface area contributed by atoms with Gasteiger partial charge in [0.1, 0.15) is 17.9 Å². The normalized spacial score (nSPS) is 17.3. The fourth-order valence-corrected chi connectivity index (χ4v) is 3.38. The molecule has 0 bridgehead atoms. The number of ether oxygens (including phenoxy) is 1.